The standard InChI is InChI=1S/C14H12FNO2S/c1-11-5-7-14(8-6-11)19(17,18)16-10-12-3-2-4-13(15)9-12/h2-10H,1H3/b16-10-. The van der Waals surface area contributed by atoms with E-state index >= 15 is 0 Å². The molecule has 0 saturated heterocycles. The molecule has 2 rings (SSSR count). The number of rotatable bonds is 3. The van der Waals surface area contributed by atoms with Crippen molar-refractivity contribution in [3.05, 3.63) is 65.5 Å². The maximum atomic E-state index is 12.9. The van der Waals surface area contributed by atoms with E-state index in [1.807, 2.05) is 6.92 Å². The lowest BCUT2D eigenvalue weighted by Crippen LogP contribution is -1.97. The summed E-state index contributed by atoms with van der Waals surface area (Å²) < 4.78 is 40.3. The van der Waals surface area contributed by atoms with Crippen LogP contribution in [0.3, 0.4) is 0 Å². The Morgan fingerprint density at radius 2 is 1.79 bits per heavy atom. The second kappa shape index (κ2) is 5.32. The zero-order valence-electron chi connectivity index (χ0n) is 10.2. The lowest BCUT2D eigenvalue weighted by atomic mass is 10.2. The molecular weight excluding hydrogens is 265 g/mol. The lowest BCUT2D eigenvalue weighted by molar-refractivity contribution is 0.598. The van der Waals surface area contributed by atoms with Crippen LogP contribution in [-0.4, -0.2) is 14.6 Å². The van der Waals surface area contributed by atoms with Gasteiger partial charge in [0.1, 0.15) is 5.82 Å². The molecule has 0 radical (unpaired) electrons. The number of nitrogens with zero attached hydrogens (tertiary/aromatic N) is 1. The van der Waals surface area contributed by atoms with Crippen LogP contribution in [0.5, 0.6) is 0 Å². The van der Waals surface area contributed by atoms with Crippen molar-refractivity contribution in [2.45, 2.75) is 11.8 Å². The molecule has 0 bridgehead atoms. The van der Waals surface area contributed by atoms with E-state index < -0.39 is 15.8 Å². The molecule has 0 aliphatic heterocycles. The van der Waals surface area contributed by atoms with Gasteiger partial charge in [-0.25, -0.2) is 4.39 Å². The molecule has 0 atom stereocenters. The van der Waals surface area contributed by atoms with Crippen LogP contribution in [0.15, 0.2) is 57.8 Å². The summed E-state index contributed by atoms with van der Waals surface area (Å²) >= 11 is 0. The summed E-state index contributed by atoms with van der Waals surface area (Å²) in [6.45, 7) is 1.87. The van der Waals surface area contributed by atoms with Crippen molar-refractivity contribution < 1.29 is 12.8 Å². The summed E-state index contributed by atoms with van der Waals surface area (Å²) in [4.78, 5) is 0.116. The van der Waals surface area contributed by atoms with Crippen LogP contribution in [0.2, 0.25) is 0 Å². The average Bonchev–Trinajstić information content (AvgIpc) is 2.37. The van der Waals surface area contributed by atoms with Gasteiger partial charge in [0, 0.05) is 6.21 Å². The molecule has 2 aromatic rings. The summed E-state index contributed by atoms with van der Waals surface area (Å²) in [6, 6.07) is 12.0. The van der Waals surface area contributed by atoms with E-state index in [1.54, 1.807) is 18.2 Å². The normalized spacial score (nSPS) is 11.9. The van der Waals surface area contributed by atoms with Crippen molar-refractivity contribution in [2.75, 3.05) is 0 Å². The van der Waals surface area contributed by atoms with E-state index in [0.29, 0.717) is 5.56 Å². The second-order valence-corrected chi connectivity index (χ2v) is 5.71. The molecule has 0 saturated carbocycles. The summed E-state index contributed by atoms with van der Waals surface area (Å²) in [6.07, 6.45) is 1.14. The highest BCUT2D eigenvalue weighted by molar-refractivity contribution is 7.90. The largest absolute Gasteiger partial charge is 0.282 e. The van der Waals surface area contributed by atoms with Gasteiger partial charge in [-0.05, 0) is 36.8 Å². The van der Waals surface area contributed by atoms with Gasteiger partial charge in [-0.1, -0.05) is 29.8 Å². The van der Waals surface area contributed by atoms with E-state index in [1.165, 1.54) is 30.3 Å². The average molecular weight is 277 g/mol. The first-order chi connectivity index (χ1) is 8.97. The van der Waals surface area contributed by atoms with Gasteiger partial charge < -0.3 is 0 Å². The van der Waals surface area contributed by atoms with Gasteiger partial charge >= 0.3 is 0 Å². The molecule has 0 fully saturated rings. The summed E-state index contributed by atoms with van der Waals surface area (Å²) in [5.41, 5.74) is 1.36. The second-order valence-electron chi connectivity index (χ2n) is 4.08. The molecule has 0 aliphatic carbocycles. The van der Waals surface area contributed by atoms with E-state index in [0.717, 1.165) is 11.8 Å². The van der Waals surface area contributed by atoms with Gasteiger partial charge in [-0.2, -0.15) is 12.8 Å². The highest BCUT2D eigenvalue weighted by Crippen LogP contribution is 2.13. The molecule has 98 valence electrons. The van der Waals surface area contributed by atoms with E-state index in [2.05, 4.69) is 4.40 Å². The lowest BCUT2D eigenvalue weighted by Gasteiger charge is -1.99. The van der Waals surface area contributed by atoms with Crippen molar-refractivity contribution in [1.29, 1.82) is 0 Å². The zero-order valence-corrected chi connectivity index (χ0v) is 11.1. The minimum absolute atomic E-state index is 0.116. The zero-order chi connectivity index (χ0) is 13.9. The molecule has 0 spiro atoms. The molecule has 0 aromatic heterocycles. The Hall–Kier alpha value is -2.01. The van der Waals surface area contributed by atoms with Crippen molar-refractivity contribution in [3.8, 4) is 0 Å². The highest BCUT2D eigenvalue weighted by atomic mass is 32.2. The van der Waals surface area contributed by atoms with Crippen molar-refractivity contribution in [1.82, 2.24) is 0 Å². The van der Waals surface area contributed by atoms with Crippen molar-refractivity contribution in [2.24, 2.45) is 4.40 Å². The molecule has 0 amide bonds. The van der Waals surface area contributed by atoms with Crippen LogP contribution < -0.4 is 0 Å². The molecule has 0 unspecified atom stereocenters. The van der Waals surface area contributed by atoms with Crippen LogP contribution in [0.25, 0.3) is 0 Å². The van der Waals surface area contributed by atoms with Gasteiger partial charge in [0.25, 0.3) is 10.0 Å². The molecule has 5 heteroatoms. The Morgan fingerprint density at radius 3 is 2.42 bits per heavy atom. The monoisotopic (exact) mass is 277 g/mol. The number of halogens is 1. The van der Waals surface area contributed by atoms with Crippen LogP contribution >= 0.6 is 0 Å². The van der Waals surface area contributed by atoms with Crippen LogP contribution in [-0.2, 0) is 10.0 Å². The first kappa shape index (κ1) is 13.4. The highest BCUT2D eigenvalue weighted by Gasteiger charge is 2.10. The number of aryl methyl sites for hydroxylation is 1. The molecule has 2 aromatic carbocycles. The topological polar surface area (TPSA) is 46.5 Å². The quantitative estimate of drug-likeness (QED) is 0.810. The molecule has 0 heterocycles. The fourth-order valence-corrected chi connectivity index (χ4v) is 2.35. The van der Waals surface area contributed by atoms with E-state index in [-0.39, 0.29) is 4.90 Å². The smallest absolute Gasteiger partial charge is 0.207 e. The maximum Gasteiger partial charge on any atom is 0.282 e. The van der Waals surface area contributed by atoms with Crippen LogP contribution in [0.1, 0.15) is 11.1 Å². The number of hydrogen-bond donors (Lipinski definition) is 0. The maximum absolute atomic E-state index is 12.9. The fourth-order valence-electron chi connectivity index (χ4n) is 1.49. The summed E-state index contributed by atoms with van der Waals surface area (Å²) in [5, 5.41) is 0. The molecule has 19 heavy (non-hydrogen) atoms. The predicted molar refractivity (Wildman–Crippen MR) is 72.4 cm³/mol. The number of sulfonamides is 1. The molecule has 3 nitrogen and oxygen atoms in total. The first-order valence-electron chi connectivity index (χ1n) is 5.60. The van der Waals surface area contributed by atoms with Gasteiger partial charge in [-0.3, -0.25) is 0 Å². The van der Waals surface area contributed by atoms with E-state index in [4.69, 9.17) is 0 Å². The minimum Gasteiger partial charge on any atom is -0.207 e. The SMILES string of the molecule is Cc1ccc(S(=O)(=O)/N=C\c2cccc(F)c2)cc1. The number of benzene rings is 2. The Kier molecular flexibility index (Phi) is 3.76. The van der Waals surface area contributed by atoms with Gasteiger partial charge in [-0.15, -0.1) is 0 Å². The Balaban J connectivity index is 2.29. The minimum atomic E-state index is -3.74. The molecule has 0 N–H and O–H groups in total. The third-order valence-electron chi connectivity index (χ3n) is 2.51. The van der Waals surface area contributed by atoms with Crippen LogP contribution in [0, 0.1) is 12.7 Å². The molecular formula is C14H12FNO2S. The fraction of sp³-hybridized carbons (Fsp3) is 0.0714. The Morgan fingerprint density at radius 1 is 1.11 bits per heavy atom. The third kappa shape index (κ3) is 3.48. The van der Waals surface area contributed by atoms with Crippen molar-refractivity contribution in [3.63, 3.8) is 0 Å². The number of hydrogen-bond acceptors (Lipinski definition) is 2. The van der Waals surface area contributed by atoms with Crippen molar-refractivity contribution >= 4 is 16.2 Å². The Bertz CT molecular complexity index is 706. The first-order valence-corrected chi connectivity index (χ1v) is 7.04. The van der Waals surface area contributed by atoms with E-state index in [9.17, 15) is 12.8 Å². The predicted octanol–water partition coefficient (Wildman–Crippen LogP) is 2.94. The van der Waals surface area contributed by atoms with Gasteiger partial charge in [0.2, 0.25) is 0 Å². The molecule has 0 aliphatic rings. The van der Waals surface area contributed by atoms with Gasteiger partial charge in [0.15, 0.2) is 0 Å². The summed E-state index contributed by atoms with van der Waals surface area (Å²) in [5.74, 6) is -0.434. The summed E-state index contributed by atoms with van der Waals surface area (Å²) in [7, 11) is -3.74. The van der Waals surface area contributed by atoms with Gasteiger partial charge in [0.05, 0.1) is 4.90 Å². The Labute approximate surface area is 111 Å². The third-order valence-corrected chi connectivity index (χ3v) is 3.76. The van der Waals surface area contributed by atoms with Crippen LogP contribution in [0.4, 0.5) is 4.39 Å².